The van der Waals surface area contributed by atoms with Crippen LogP contribution < -0.4 is 0 Å². The quantitative estimate of drug-likeness (QED) is 0.680. The molecule has 0 aromatic heterocycles. The van der Waals surface area contributed by atoms with Gasteiger partial charge in [0.25, 0.3) is 0 Å². The number of aliphatic hydroxyl groups is 1. The average molecular weight is 193 g/mol. The lowest BCUT2D eigenvalue weighted by Gasteiger charge is -1.91. The summed E-state index contributed by atoms with van der Waals surface area (Å²) in [7, 11) is 0. The fourth-order valence-electron chi connectivity index (χ4n) is 0.527. The number of hydrogen-bond acceptors (Lipinski definition) is 1. The molecule has 0 bridgehead atoms. The third-order valence-corrected chi connectivity index (χ3v) is 1.65. The van der Waals surface area contributed by atoms with Crippen molar-refractivity contribution in [2.75, 3.05) is 6.61 Å². The first-order valence-electron chi connectivity index (χ1n) is 3.26. The molecule has 0 rings (SSSR count). The molecule has 0 aliphatic carbocycles. The molecule has 0 aromatic rings. The van der Waals surface area contributed by atoms with E-state index in [1.807, 2.05) is 6.08 Å². The molecule has 0 aliphatic rings. The molecule has 54 valence electrons. The Morgan fingerprint density at radius 3 is 2.78 bits per heavy atom. The van der Waals surface area contributed by atoms with Gasteiger partial charge in [-0.1, -0.05) is 41.8 Å². The average Bonchev–Trinajstić information content (AvgIpc) is 1.89. The molecule has 0 aliphatic heterocycles. The van der Waals surface area contributed by atoms with Gasteiger partial charge in [-0.05, 0) is 6.42 Å². The van der Waals surface area contributed by atoms with E-state index in [-0.39, 0.29) is 6.61 Å². The van der Waals surface area contributed by atoms with Crippen molar-refractivity contribution >= 4 is 15.9 Å². The summed E-state index contributed by atoms with van der Waals surface area (Å²) >= 11 is 3.22. The normalized spacial score (nSPS) is 12.1. The minimum absolute atomic E-state index is 0.129. The van der Waals surface area contributed by atoms with Crippen LogP contribution in [0.4, 0.5) is 0 Å². The summed E-state index contributed by atoms with van der Waals surface area (Å²) in [4.78, 5) is 0. The van der Waals surface area contributed by atoms with Gasteiger partial charge in [-0.2, -0.15) is 0 Å². The van der Waals surface area contributed by atoms with E-state index >= 15 is 0 Å². The zero-order chi connectivity index (χ0) is 7.11. The van der Waals surface area contributed by atoms with Crippen LogP contribution in [0.1, 0.15) is 26.2 Å². The summed E-state index contributed by atoms with van der Waals surface area (Å²) < 4.78 is 0.899. The molecular weight excluding hydrogens is 180 g/mol. The number of allylic oxidation sites excluding steroid dienone is 1. The van der Waals surface area contributed by atoms with E-state index < -0.39 is 0 Å². The Balaban J connectivity index is 3.21. The second kappa shape index (κ2) is 6.30. The molecule has 0 aromatic carbocycles. The first kappa shape index (κ1) is 9.18. The number of hydrogen-bond donors (Lipinski definition) is 1. The molecule has 0 heterocycles. The van der Waals surface area contributed by atoms with Crippen LogP contribution in [-0.4, -0.2) is 11.7 Å². The van der Waals surface area contributed by atoms with E-state index in [1.165, 1.54) is 12.8 Å². The third kappa shape index (κ3) is 6.06. The predicted molar refractivity (Wildman–Crippen MR) is 43.6 cm³/mol. The van der Waals surface area contributed by atoms with Crippen molar-refractivity contribution in [1.82, 2.24) is 0 Å². The standard InChI is InChI=1S/C7H13BrO/c1-2-3-4-5-7(8)6-9/h5,9H,2-4,6H2,1H3/b7-5+. The van der Waals surface area contributed by atoms with Crippen molar-refractivity contribution in [2.45, 2.75) is 26.2 Å². The Hall–Kier alpha value is 0.180. The number of unbranched alkanes of at least 4 members (excludes halogenated alkanes) is 2. The molecule has 0 saturated heterocycles. The van der Waals surface area contributed by atoms with Crippen LogP contribution in [0.15, 0.2) is 10.6 Å². The molecule has 9 heavy (non-hydrogen) atoms. The Morgan fingerprint density at radius 2 is 2.33 bits per heavy atom. The lowest BCUT2D eigenvalue weighted by molar-refractivity contribution is 0.340. The second-order valence-corrected chi connectivity index (χ2v) is 2.97. The highest BCUT2D eigenvalue weighted by molar-refractivity contribution is 9.11. The van der Waals surface area contributed by atoms with Gasteiger partial charge in [0, 0.05) is 4.48 Å². The van der Waals surface area contributed by atoms with Crippen molar-refractivity contribution < 1.29 is 5.11 Å². The molecule has 0 fully saturated rings. The van der Waals surface area contributed by atoms with E-state index in [1.54, 1.807) is 0 Å². The number of halogens is 1. The summed E-state index contributed by atoms with van der Waals surface area (Å²) in [5.41, 5.74) is 0. The van der Waals surface area contributed by atoms with Gasteiger partial charge in [-0.25, -0.2) is 0 Å². The topological polar surface area (TPSA) is 20.2 Å². The predicted octanol–water partition coefficient (Wildman–Crippen LogP) is 2.45. The van der Waals surface area contributed by atoms with Crippen molar-refractivity contribution in [3.63, 3.8) is 0 Å². The maximum absolute atomic E-state index is 8.52. The molecular formula is C7H13BrO. The minimum Gasteiger partial charge on any atom is -0.391 e. The molecule has 0 spiro atoms. The van der Waals surface area contributed by atoms with Gasteiger partial charge in [-0.15, -0.1) is 0 Å². The van der Waals surface area contributed by atoms with E-state index in [0.717, 1.165) is 10.9 Å². The summed E-state index contributed by atoms with van der Waals surface area (Å²) in [5.74, 6) is 0. The van der Waals surface area contributed by atoms with Crippen molar-refractivity contribution in [1.29, 1.82) is 0 Å². The van der Waals surface area contributed by atoms with Crippen LogP contribution in [0.3, 0.4) is 0 Å². The molecule has 1 nitrogen and oxygen atoms in total. The van der Waals surface area contributed by atoms with Crippen molar-refractivity contribution in [3.8, 4) is 0 Å². The number of rotatable bonds is 4. The summed E-state index contributed by atoms with van der Waals surface area (Å²) in [6, 6.07) is 0. The van der Waals surface area contributed by atoms with Crippen LogP contribution in [0.25, 0.3) is 0 Å². The molecule has 0 unspecified atom stereocenters. The van der Waals surface area contributed by atoms with E-state index in [4.69, 9.17) is 5.11 Å². The molecule has 0 atom stereocenters. The maximum atomic E-state index is 8.52. The summed E-state index contributed by atoms with van der Waals surface area (Å²) in [6.45, 7) is 2.28. The molecule has 0 radical (unpaired) electrons. The highest BCUT2D eigenvalue weighted by Crippen LogP contribution is 2.06. The third-order valence-electron chi connectivity index (χ3n) is 1.07. The van der Waals surface area contributed by atoms with Crippen LogP contribution in [0.2, 0.25) is 0 Å². The largest absolute Gasteiger partial charge is 0.391 e. The van der Waals surface area contributed by atoms with Gasteiger partial charge in [0.15, 0.2) is 0 Å². The van der Waals surface area contributed by atoms with Crippen molar-refractivity contribution in [2.24, 2.45) is 0 Å². The highest BCUT2D eigenvalue weighted by Gasteiger charge is 1.85. The molecule has 0 amide bonds. The SMILES string of the molecule is CCCC/C=C(/Br)CO. The smallest absolute Gasteiger partial charge is 0.0743 e. The van der Waals surface area contributed by atoms with Gasteiger partial charge in [-0.3, -0.25) is 0 Å². The summed E-state index contributed by atoms with van der Waals surface area (Å²) in [6.07, 6.45) is 5.50. The highest BCUT2D eigenvalue weighted by atomic mass is 79.9. The molecule has 0 saturated carbocycles. The van der Waals surface area contributed by atoms with E-state index in [2.05, 4.69) is 22.9 Å². The van der Waals surface area contributed by atoms with Gasteiger partial charge in [0.05, 0.1) is 6.61 Å². The maximum Gasteiger partial charge on any atom is 0.0743 e. The molecule has 1 N–H and O–H groups in total. The fraction of sp³-hybridized carbons (Fsp3) is 0.714. The Kier molecular flexibility index (Phi) is 6.43. The summed E-state index contributed by atoms with van der Waals surface area (Å²) in [5, 5.41) is 8.52. The lowest BCUT2D eigenvalue weighted by atomic mass is 10.2. The zero-order valence-corrected chi connectivity index (χ0v) is 7.32. The van der Waals surface area contributed by atoms with Crippen molar-refractivity contribution in [3.05, 3.63) is 10.6 Å². The van der Waals surface area contributed by atoms with Crippen LogP contribution in [-0.2, 0) is 0 Å². The first-order chi connectivity index (χ1) is 4.31. The minimum atomic E-state index is 0.129. The zero-order valence-electron chi connectivity index (χ0n) is 5.73. The van der Waals surface area contributed by atoms with Gasteiger partial charge in [0.1, 0.15) is 0 Å². The lowest BCUT2D eigenvalue weighted by Crippen LogP contribution is -1.79. The van der Waals surface area contributed by atoms with Crippen LogP contribution in [0.5, 0.6) is 0 Å². The second-order valence-electron chi connectivity index (χ2n) is 1.95. The first-order valence-corrected chi connectivity index (χ1v) is 4.06. The Labute approximate surface area is 64.9 Å². The fourth-order valence-corrected chi connectivity index (χ4v) is 0.756. The van der Waals surface area contributed by atoms with E-state index in [9.17, 15) is 0 Å². The van der Waals surface area contributed by atoms with Gasteiger partial charge < -0.3 is 5.11 Å². The monoisotopic (exact) mass is 192 g/mol. The van der Waals surface area contributed by atoms with Gasteiger partial charge in [0.2, 0.25) is 0 Å². The van der Waals surface area contributed by atoms with E-state index in [0.29, 0.717) is 0 Å². The number of aliphatic hydroxyl groups excluding tert-OH is 1. The van der Waals surface area contributed by atoms with Crippen LogP contribution in [0, 0.1) is 0 Å². The molecule has 2 heteroatoms. The van der Waals surface area contributed by atoms with Crippen LogP contribution >= 0.6 is 15.9 Å². The Morgan fingerprint density at radius 1 is 1.67 bits per heavy atom. The van der Waals surface area contributed by atoms with Gasteiger partial charge >= 0.3 is 0 Å². The Bertz CT molecular complexity index is 88.9.